The average Bonchev–Trinajstić information content (AvgIpc) is 2.87. The Morgan fingerprint density at radius 1 is 1.43 bits per heavy atom. The summed E-state index contributed by atoms with van der Waals surface area (Å²) in [6.45, 7) is 6.28. The van der Waals surface area contributed by atoms with E-state index in [1.807, 2.05) is 10.6 Å². The summed E-state index contributed by atoms with van der Waals surface area (Å²) in [6, 6.07) is 7.04. The lowest BCUT2D eigenvalue weighted by molar-refractivity contribution is -0.118. The zero-order valence-corrected chi connectivity index (χ0v) is 13.4. The fourth-order valence-corrected chi connectivity index (χ4v) is 4.61. The molecule has 1 amide bonds. The number of likely N-dealkylation sites (tertiary alicyclic amines) is 1. The third-order valence-corrected chi connectivity index (χ3v) is 5.43. The Kier molecular flexibility index (Phi) is 3.49. The quantitative estimate of drug-likeness (QED) is 0.882. The van der Waals surface area contributed by atoms with Gasteiger partial charge in [-0.1, -0.05) is 18.2 Å². The first-order valence-electron chi connectivity index (χ1n) is 8.43. The fourth-order valence-electron chi connectivity index (χ4n) is 4.61. The molecule has 2 aliphatic rings. The van der Waals surface area contributed by atoms with Gasteiger partial charge in [-0.05, 0) is 43.0 Å². The molecular weight excluding hydrogens is 286 g/mol. The Morgan fingerprint density at radius 2 is 2.30 bits per heavy atom. The first kappa shape index (κ1) is 14.5. The predicted octanol–water partition coefficient (Wildman–Crippen LogP) is 2.42. The number of carbonyl (C=O) groups excluding carboxylic acids is 1. The largest absolute Gasteiger partial charge is 0.368 e. The third-order valence-electron chi connectivity index (χ3n) is 5.43. The summed E-state index contributed by atoms with van der Waals surface area (Å²) in [4.78, 5) is 13.9. The van der Waals surface area contributed by atoms with Crippen LogP contribution in [-0.2, 0) is 17.8 Å². The normalized spacial score (nSPS) is 23.7. The molecule has 2 N–H and O–H groups in total. The zero-order chi connectivity index (χ0) is 16.0. The van der Waals surface area contributed by atoms with Gasteiger partial charge in [-0.15, -0.1) is 6.58 Å². The highest BCUT2D eigenvalue weighted by atomic mass is 16.1. The van der Waals surface area contributed by atoms with E-state index in [9.17, 15) is 4.79 Å². The van der Waals surface area contributed by atoms with E-state index in [1.54, 1.807) is 0 Å². The molecule has 1 aliphatic heterocycles. The van der Waals surface area contributed by atoms with Crippen LogP contribution in [0.5, 0.6) is 0 Å². The van der Waals surface area contributed by atoms with Gasteiger partial charge in [-0.2, -0.15) is 0 Å². The number of nitrogens with zero attached hydrogens (tertiary/aromatic N) is 2. The lowest BCUT2D eigenvalue weighted by atomic mass is 9.75. The van der Waals surface area contributed by atoms with Crippen molar-refractivity contribution in [3.05, 3.63) is 48.2 Å². The van der Waals surface area contributed by atoms with Crippen molar-refractivity contribution >= 4 is 16.8 Å². The smallest absolute Gasteiger partial charge is 0.237 e. The summed E-state index contributed by atoms with van der Waals surface area (Å²) in [5.41, 5.74) is 9.37. The van der Waals surface area contributed by atoms with Crippen LogP contribution in [-0.4, -0.2) is 34.5 Å². The molecule has 0 spiro atoms. The third kappa shape index (κ3) is 2.29. The van der Waals surface area contributed by atoms with Crippen LogP contribution in [0.3, 0.4) is 0 Å². The molecule has 23 heavy (non-hydrogen) atoms. The Hall–Kier alpha value is -2.07. The molecule has 2 heterocycles. The lowest BCUT2D eigenvalue weighted by Gasteiger charge is -2.43. The molecule has 1 aromatic carbocycles. The van der Waals surface area contributed by atoms with Crippen molar-refractivity contribution in [2.24, 2.45) is 5.73 Å². The van der Waals surface area contributed by atoms with Crippen molar-refractivity contribution in [2.45, 2.75) is 37.8 Å². The van der Waals surface area contributed by atoms with Crippen LogP contribution in [0.2, 0.25) is 0 Å². The lowest BCUT2D eigenvalue weighted by Crippen LogP contribution is -2.46. The monoisotopic (exact) mass is 309 g/mol. The van der Waals surface area contributed by atoms with E-state index >= 15 is 0 Å². The van der Waals surface area contributed by atoms with Crippen LogP contribution < -0.4 is 5.73 Å². The molecule has 4 nitrogen and oxygen atoms in total. The maximum Gasteiger partial charge on any atom is 0.237 e. The second-order valence-electron chi connectivity index (χ2n) is 6.79. The van der Waals surface area contributed by atoms with Crippen LogP contribution >= 0.6 is 0 Å². The summed E-state index contributed by atoms with van der Waals surface area (Å²) in [5.74, 6) is 0.299. The van der Waals surface area contributed by atoms with E-state index in [-0.39, 0.29) is 12.5 Å². The number of aromatic nitrogens is 1. The van der Waals surface area contributed by atoms with Gasteiger partial charge in [0.1, 0.15) is 6.54 Å². The molecule has 4 heteroatoms. The van der Waals surface area contributed by atoms with Crippen molar-refractivity contribution in [1.29, 1.82) is 0 Å². The number of amides is 1. The summed E-state index contributed by atoms with van der Waals surface area (Å²) < 4.78 is 2.02. The van der Waals surface area contributed by atoms with Gasteiger partial charge in [0.2, 0.25) is 5.91 Å². The second-order valence-corrected chi connectivity index (χ2v) is 6.79. The Balaban J connectivity index is 1.82. The predicted molar refractivity (Wildman–Crippen MR) is 92.4 cm³/mol. The minimum absolute atomic E-state index is 0.256. The van der Waals surface area contributed by atoms with Crippen LogP contribution in [0.25, 0.3) is 10.9 Å². The fraction of sp³-hybridized carbons (Fsp3) is 0.421. The summed E-state index contributed by atoms with van der Waals surface area (Å²) in [5, 5.41) is 1.36. The van der Waals surface area contributed by atoms with Gasteiger partial charge in [0.05, 0.1) is 0 Å². The van der Waals surface area contributed by atoms with Gasteiger partial charge in [-0.25, -0.2) is 0 Å². The standard InChI is InChI=1S/C19H23N3O/c1-2-8-21-9-4-6-14-15-5-3-7-16-19(15)13(10-17(14)21)11-22(16)12-18(20)23/h2-3,5,7,11,14,17H,1,4,6,8-10,12H2,(H2,20,23)/t14-,17-/m0/s1. The number of rotatable bonds is 4. The Bertz CT molecular complexity index is 776. The minimum atomic E-state index is -0.288. The van der Waals surface area contributed by atoms with E-state index < -0.39 is 0 Å². The molecule has 4 rings (SSSR count). The van der Waals surface area contributed by atoms with E-state index in [0.29, 0.717) is 12.0 Å². The van der Waals surface area contributed by atoms with Crippen molar-refractivity contribution in [3.63, 3.8) is 0 Å². The van der Waals surface area contributed by atoms with Gasteiger partial charge in [0.15, 0.2) is 0 Å². The molecule has 0 bridgehead atoms. The number of hydrogen-bond acceptors (Lipinski definition) is 2. The summed E-state index contributed by atoms with van der Waals surface area (Å²) in [6.07, 6.45) is 7.69. The number of primary amides is 1. The number of benzene rings is 1. The van der Waals surface area contributed by atoms with E-state index in [4.69, 9.17) is 5.73 Å². The topological polar surface area (TPSA) is 51.3 Å². The van der Waals surface area contributed by atoms with Crippen molar-refractivity contribution in [2.75, 3.05) is 13.1 Å². The van der Waals surface area contributed by atoms with Crippen molar-refractivity contribution in [1.82, 2.24) is 9.47 Å². The molecule has 0 radical (unpaired) electrons. The second kappa shape index (κ2) is 5.53. The van der Waals surface area contributed by atoms with Crippen LogP contribution in [0.15, 0.2) is 37.1 Å². The first-order chi connectivity index (χ1) is 11.2. The van der Waals surface area contributed by atoms with Gasteiger partial charge in [0.25, 0.3) is 0 Å². The first-order valence-corrected chi connectivity index (χ1v) is 8.43. The van der Waals surface area contributed by atoms with E-state index in [1.165, 1.54) is 29.4 Å². The van der Waals surface area contributed by atoms with Gasteiger partial charge < -0.3 is 10.3 Å². The number of piperidine rings is 1. The Morgan fingerprint density at radius 3 is 3.09 bits per heavy atom. The molecule has 2 atom stereocenters. The highest BCUT2D eigenvalue weighted by molar-refractivity contribution is 5.90. The summed E-state index contributed by atoms with van der Waals surface area (Å²) in [7, 11) is 0. The molecule has 120 valence electrons. The molecule has 2 aromatic rings. The number of fused-ring (bicyclic) bond motifs is 2. The molecule has 0 saturated carbocycles. The molecule has 1 aromatic heterocycles. The van der Waals surface area contributed by atoms with Gasteiger partial charge in [0, 0.05) is 35.6 Å². The SMILES string of the molecule is C=CCN1CCC[C@H]2c3cccc4c3c(cn4CC(N)=O)C[C@@H]21. The van der Waals surface area contributed by atoms with Crippen LogP contribution in [0.4, 0.5) is 0 Å². The number of nitrogens with two attached hydrogens (primary N) is 1. The molecule has 0 unspecified atom stereocenters. The highest BCUT2D eigenvalue weighted by Crippen LogP contribution is 2.43. The van der Waals surface area contributed by atoms with Gasteiger partial charge in [-0.3, -0.25) is 9.69 Å². The number of hydrogen-bond donors (Lipinski definition) is 1. The molecule has 1 aliphatic carbocycles. The van der Waals surface area contributed by atoms with E-state index in [2.05, 4.69) is 35.9 Å². The maximum absolute atomic E-state index is 11.4. The maximum atomic E-state index is 11.4. The molecule has 1 saturated heterocycles. The highest BCUT2D eigenvalue weighted by Gasteiger charge is 2.37. The van der Waals surface area contributed by atoms with Crippen molar-refractivity contribution in [3.8, 4) is 0 Å². The van der Waals surface area contributed by atoms with E-state index in [0.717, 1.165) is 25.0 Å². The van der Waals surface area contributed by atoms with Gasteiger partial charge >= 0.3 is 0 Å². The van der Waals surface area contributed by atoms with Crippen LogP contribution in [0, 0.1) is 0 Å². The average molecular weight is 309 g/mol. The van der Waals surface area contributed by atoms with Crippen molar-refractivity contribution < 1.29 is 4.79 Å². The Labute approximate surface area is 136 Å². The number of carbonyl (C=O) groups is 1. The summed E-state index contributed by atoms with van der Waals surface area (Å²) >= 11 is 0. The zero-order valence-electron chi connectivity index (χ0n) is 13.4. The molecule has 1 fully saturated rings. The molecular formula is C19H23N3O. The minimum Gasteiger partial charge on any atom is -0.368 e. The van der Waals surface area contributed by atoms with Crippen LogP contribution in [0.1, 0.15) is 29.9 Å².